The molecule has 1 N–H and O–H groups in total. The van der Waals surface area contributed by atoms with E-state index in [2.05, 4.69) is 9.97 Å². The molecule has 0 fully saturated rings. The Bertz CT molecular complexity index is 1290. The van der Waals surface area contributed by atoms with Crippen LogP contribution in [0.1, 0.15) is 27.8 Å². The van der Waals surface area contributed by atoms with Gasteiger partial charge in [0.2, 0.25) is 0 Å². The molecule has 0 spiro atoms. The highest BCUT2D eigenvalue weighted by Crippen LogP contribution is 2.32. The number of nitrogens with zero attached hydrogens (tertiary/aromatic N) is 4. The van der Waals surface area contributed by atoms with Gasteiger partial charge in [-0.2, -0.15) is 18.4 Å². The fourth-order valence-electron chi connectivity index (χ4n) is 3.21. The van der Waals surface area contributed by atoms with E-state index in [9.17, 15) is 18.0 Å². The molecule has 0 aliphatic heterocycles. The molecule has 1 aromatic carbocycles. The molecule has 154 valence electrons. The number of hydrogen-bond donors (Lipinski definition) is 1. The summed E-state index contributed by atoms with van der Waals surface area (Å²) in [7, 11) is 0. The van der Waals surface area contributed by atoms with Crippen molar-refractivity contribution in [1.82, 2.24) is 19.7 Å². The predicted octanol–water partition coefficient (Wildman–Crippen LogP) is 4.30. The fraction of sp³-hybridized carbons (Fsp3) is 0.0909. The molecular weight excluding hydrogens is 407 g/mol. The van der Waals surface area contributed by atoms with Crippen molar-refractivity contribution < 1.29 is 18.0 Å². The molecule has 0 radical (unpaired) electrons. The second kappa shape index (κ2) is 7.91. The number of rotatable bonds is 4. The highest BCUT2D eigenvalue weighted by Gasteiger charge is 2.43. The largest absolute Gasteiger partial charge is 0.414 e. The fourth-order valence-corrected chi connectivity index (χ4v) is 3.21. The molecule has 0 aliphatic carbocycles. The number of benzene rings is 1. The first-order valence-corrected chi connectivity index (χ1v) is 9.14. The third kappa shape index (κ3) is 3.96. The minimum Gasteiger partial charge on any atom is -0.334 e. The van der Waals surface area contributed by atoms with Gasteiger partial charge >= 0.3 is 6.18 Å². The van der Waals surface area contributed by atoms with Crippen molar-refractivity contribution >= 4 is 11.4 Å². The quantitative estimate of drug-likeness (QED) is 0.533. The molecule has 3 aromatic heterocycles. The summed E-state index contributed by atoms with van der Waals surface area (Å²) in [4.78, 5) is 20.9. The summed E-state index contributed by atoms with van der Waals surface area (Å²) in [5, 5.41) is 11.2. The van der Waals surface area contributed by atoms with Gasteiger partial charge in [-0.25, -0.2) is 4.98 Å². The number of pyridine rings is 2. The van der Waals surface area contributed by atoms with Crippen molar-refractivity contribution in [3.8, 4) is 17.5 Å². The maximum atomic E-state index is 13.6. The van der Waals surface area contributed by atoms with Crippen molar-refractivity contribution in [2.75, 3.05) is 0 Å². The van der Waals surface area contributed by atoms with Crippen LogP contribution < -0.4 is 5.32 Å². The molecule has 0 saturated heterocycles. The van der Waals surface area contributed by atoms with Gasteiger partial charge in [0.15, 0.2) is 11.7 Å². The zero-order valence-electron chi connectivity index (χ0n) is 15.8. The maximum Gasteiger partial charge on any atom is 0.414 e. The van der Waals surface area contributed by atoms with Gasteiger partial charge in [-0.3, -0.25) is 14.2 Å². The number of carbonyl (C=O) groups is 1. The normalized spacial score (nSPS) is 12.3. The Morgan fingerprint density at radius 1 is 1.10 bits per heavy atom. The van der Waals surface area contributed by atoms with Crippen molar-refractivity contribution in [3.63, 3.8) is 0 Å². The number of fused-ring (bicyclic) bond motifs is 1. The zero-order valence-corrected chi connectivity index (χ0v) is 15.8. The first-order valence-electron chi connectivity index (χ1n) is 9.14. The number of imidazole rings is 1. The number of nitriles is 1. The number of hydrogen-bond acceptors (Lipinski definition) is 4. The molecule has 1 unspecified atom stereocenters. The van der Waals surface area contributed by atoms with Gasteiger partial charge < -0.3 is 5.32 Å². The van der Waals surface area contributed by atoms with Gasteiger partial charge in [0, 0.05) is 18.0 Å². The molecule has 9 heteroatoms. The molecule has 4 aromatic rings. The summed E-state index contributed by atoms with van der Waals surface area (Å²) in [6, 6.07) is 15.4. The summed E-state index contributed by atoms with van der Waals surface area (Å²) in [6.07, 6.45) is -1.87. The number of halogens is 3. The van der Waals surface area contributed by atoms with Gasteiger partial charge in [0.1, 0.15) is 5.82 Å². The van der Waals surface area contributed by atoms with Gasteiger partial charge in [-0.05, 0) is 36.4 Å². The first-order chi connectivity index (χ1) is 14.9. The van der Waals surface area contributed by atoms with Gasteiger partial charge in [0.05, 0.1) is 22.8 Å². The van der Waals surface area contributed by atoms with E-state index < -0.39 is 18.1 Å². The van der Waals surface area contributed by atoms with Crippen LogP contribution in [-0.4, -0.2) is 26.5 Å². The number of amides is 1. The smallest absolute Gasteiger partial charge is 0.334 e. The zero-order chi connectivity index (χ0) is 22.0. The van der Waals surface area contributed by atoms with Crippen LogP contribution in [0.3, 0.4) is 0 Å². The molecule has 0 bridgehead atoms. The van der Waals surface area contributed by atoms with Crippen LogP contribution in [0.15, 0.2) is 73.1 Å². The van der Waals surface area contributed by atoms with E-state index in [4.69, 9.17) is 5.26 Å². The first kappa shape index (κ1) is 20.1. The Labute approximate surface area is 174 Å². The van der Waals surface area contributed by atoms with Crippen LogP contribution in [-0.2, 0) is 0 Å². The molecule has 31 heavy (non-hydrogen) atoms. The molecule has 3 heterocycles. The maximum absolute atomic E-state index is 13.6. The van der Waals surface area contributed by atoms with Crippen LogP contribution in [0.2, 0.25) is 0 Å². The number of aromatic nitrogens is 3. The van der Waals surface area contributed by atoms with E-state index in [0.29, 0.717) is 22.5 Å². The van der Waals surface area contributed by atoms with Gasteiger partial charge in [0.25, 0.3) is 5.91 Å². The van der Waals surface area contributed by atoms with E-state index in [1.165, 1.54) is 24.4 Å². The van der Waals surface area contributed by atoms with Gasteiger partial charge in [-0.15, -0.1) is 0 Å². The third-order valence-corrected chi connectivity index (χ3v) is 4.60. The van der Waals surface area contributed by atoms with E-state index in [1.54, 1.807) is 53.1 Å². The van der Waals surface area contributed by atoms with Crippen LogP contribution in [0.25, 0.3) is 16.9 Å². The minimum absolute atomic E-state index is 0.164. The summed E-state index contributed by atoms with van der Waals surface area (Å²) in [6.45, 7) is 0. The Balaban J connectivity index is 1.77. The lowest BCUT2D eigenvalue weighted by Crippen LogP contribution is -2.38. The van der Waals surface area contributed by atoms with E-state index in [1.807, 2.05) is 11.4 Å². The Morgan fingerprint density at radius 2 is 1.90 bits per heavy atom. The second-order valence-corrected chi connectivity index (χ2v) is 6.64. The van der Waals surface area contributed by atoms with Crippen LogP contribution in [0.5, 0.6) is 0 Å². The SMILES string of the molecule is N#Cc1cccc(-c2nc(C(=O)NC(c3ccccn3)C(F)(F)F)c3ccccn23)c1. The summed E-state index contributed by atoms with van der Waals surface area (Å²) in [5.74, 6) is -0.654. The molecule has 1 amide bonds. The Morgan fingerprint density at radius 3 is 2.61 bits per heavy atom. The average molecular weight is 421 g/mol. The lowest BCUT2D eigenvalue weighted by Gasteiger charge is -2.20. The van der Waals surface area contributed by atoms with Crippen LogP contribution >= 0.6 is 0 Å². The summed E-state index contributed by atoms with van der Waals surface area (Å²) in [5.41, 5.74) is 0.788. The second-order valence-electron chi connectivity index (χ2n) is 6.64. The topological polar surface area (TPSA) is 83.1 Å². The van der Waals surface area contributed by atoms with E-state index in [-0.39, 0.29) is 11.4 Å². The minimum atomic E-state index is -4.75. The van der Waals surface area contributed by atoms with Crippen molar-refractivity contribution in [2.24, 2.45) is 0 Å². The number of alkyl halides is 3. The van der Waals surface area contributed by atoms with E-state index >= 15 is 0 Å². The van der Waals surface area contributed by atoms with Crippen LogP contribution in [0, 0.1) is 11.3 Å². The lowest BCUT2D eigenvalue weighted by atomic mass is 10.1. The predicted molar refractivity (Wildman–Crippen MR) is 106 cm³/mol. The molecule has 4 rings (SSSR count). The highest BCUT2D eigenvalue weighted by atomic mass is 19.4. The van der Waals surface area contributed by atoms with Crippen molar-refractivity contribution in [1.29, 1.82) is 5.26 Å². The van der Waals surface area contributed by atoms with Crippen molar-refractivity contribution in [2.45, 2.75) is 12.2 Å². The number of carbonyl (C=O) groups excluding carboxylic acids is 1. The average Bonchev–Trinajstić information content (AvgIpc) is 3.17. The van der Waals surface area contributed by atoms with Crippen LogP contribution in [0.4, 0.5) is 13.2 Å². The third-order valence-electron chi connectivity index (χ3n) is 4.60. The van der Waals surface area contributed by atoms with Gasteiger partial charge in [-0.1, -0.05) is 24.3 Å². The monoisotopic (exact) mass is 421 g/mol. The number of nitrogens with one attached hydrogen (secondary N) is 1. The summed E-state index contributed by atoms with van der Waals surface area (Å²) >= 11 is 0. The lowest BCUT2D eigenvalue weighted by molar-refractivity contribution is -0.156. The standard InChI is InChI=1S/C22H14F3N5O/c23-22(24,25)19(16-8-1-3-10-27-16)29-21(31)18-17-9-2-4-11-30(17)20(28-18)15-7-5-6-14(12-15)13-26/h1-12,19H,(H,29,31). The summed E-state index contributed by atoms with van der Waals surface area (Å²) < 4.78 is 42.5. The molecule has 0 saturated carbocycles. The Kier molecular flexibility index (Phi) is 5.13. The van der Waals surface area contributed by atoms with Crippen molar-refractivity contribution in [3.05, 3.63) is 90.0 Å². The Hall–Kier alpha value is -4.19. The molecule has 6 nitrogen and oxygen atoms in total. The molecule has 1 atom stereocenters. The molecule has 0 aliphatic rings. The highest BCUT2D eigenvalue weighted by molar-refractivity contribution is 6.00. The molecular formula is C22H14F3N5O. The van der Waals surface area contributed by atoms with E-state index in [0.717, 1.165) is 0 Å².